The van der Waals surface area contributed by atoms with E-state index in [4.69, 9.17) is 5.73 Å². The first-order valence-electron chi connectivity index (χ1n) is 8.41. The molecule has 1 fully saturated rings. The Morgan fingerprint density at radius 2 is 1.96 bits per heavy atom. The molecule has 2 aromatic carbocycles. The Bertz CT molecular complexity index is 792. The lowest BCUT2D eigenvalue weighted by atomic mass is 10.1. The number of nitrogens with zero attached hydrogens (tertiary/aromatic N) is 1. The molecule has 26 heavy (non-hydrogen) atoms. The number of likely N-dealkylation sites (tertiary alicyclic amines) is 1. The van der Waals surface area contributed by atoms with Crippen molar-refractivity contribution in [2.75, 3.05) is 25.0 Å². The van der Waals surface area contributed by atoms with Gasteiger partial charge in [-0.3, -0.25) is 4.79 Å². The molecule has 0 unspecified atom stereocenters. The summed E-state index contributed by atoms with van der Waals surface area (Å²) in [7, 11) is 0. The van der Waals surface area contributed by atoms with E-state index >= 15 is 0 Å². The number of carbonyl (C=O) groups is 1. The molecule has 1 heterocycles. The number of alkyl halides is 3. The summed E-state index contributed by atoms with van der Waals surface area (Å²) in [5.41, 5.74) is 6.13. The van der Waals surface area contributed by atoms with Gasteiger partial charge in [0, 0.05) is 18.8 Å². The number of benzene rings is 2. The molecule has 1 atom stereocenters. The van der Waals surface area contributed by atoms with Gasteiger partial charge >= 0.3 is 6.18 Å². The van der Waals surface area contributed by atoms with Crippen LogP contribution in [0.4, 0.5) is 24.5 Å². The maximum absolute atomic E-state index is 12.9. The van der Waals surface area contributed by atoms with Crippen LogP contribution in [0.25, 0.3) is 0 Å². The van der Waals surface area contributed by atoms with Crippen LogP contribution >= 0.6 is 0 Å². The molecule has 7 heteroatoms. The average molecular weight is 363 g/mol. The quantitative estimate of drug-likeness (QED) is 0.867. The molecule has 4 nitrogen and oxygen atoms in total. The molecule has 138 valence electrons. The van der Waals surface area contributed by atoms with E-state index in [-0.39, 0.29) is 11.6 Å². The van der Waals surface area contributed by atoms with Crippen molar-refractivity contribution in [1.82, 2.24) is 4.90 Å². The minimum absolute atomic E-state index is 0.143. The van der Waals surface area contributed by atoms with Crippen molar-refractivity contribution in [3.05, 3.63) is 59.7 Å². The third-order valence-electron chi connectivity index (χ3n) is 4.53. The summed E-state index contributed by atoms with van der Waals surface area (Å²) in [5.74, 6) is 0.151. The zero-order valence-corrected chi connectivity index (χ0v) is 14.1. The molecule has 2 aromatic rings. The summed E-state index contributed by atoms with van der Waals surface area (Å²) >= 11 is 0. The van der Waals surface area contributed by atoms with Crippen LogP contribution < -0.4 is 11.1 Å². The molecule has 3 rings (SSSR count). The fourth-order valence-electron chi connectivity index (χ4n) is 3.09. The van der Waals surface area contributed by atoms with Crippen molar-refractivity contribution >= 4 is 17.3 Å². The monoisotopic (exact) mass is 363 g/mol. The molecule has 3 N–H and O–H groups in total. The van der Waals surface area contributed by atoms with Gasteiger partial charge in [-0.15, -0.1) is 0 Å². The van der Waals surface area contributed by atoms with Gasteiger partial charge in [-0.1, -0.05) is 18.2 Å². The molecule has 0 bridgehead atoms. The first-order valence-corrected chi connectivity index (χ1v) is 8.41. The van der Waals surface area contributed by atoms with Gasteiger partial charge in [0.2, 0.25) is 0 Å². The van der Waals surface area contributed by atoms with Crippen LogP contribution in [-0.2, 0) is 6.18 Å². The second kappa shape index (κ2) is 7.37. The molecule has 1 aliphatic heterocycles. The number of amides is 1. The number of anilines is 2. The first-order chi connectivity index (χ1) is 12.4. The number of nitrogens with one attached hydrogen (secondary N) is 1. The van der Waals surface area contributed by atoms with Gasteiger partial charge in [0.15, 0.2) is 0 Å². The van der Waals surface area contributed by atoms with Crippen molar-refractivity contribution < 1.29 is 18.0 Å². The summed E-state index contributed by atoms with van der Waals surface area (Å²) in [5, 5.41) is 2.94. The molecular weight excluding hydrogens is 343 g/mol. The number of rotatable bonds is 4. The van der Waals surface area contributed by atoms with Gasteiger partial charge in [0.05, 0.1) is 16.8 Å². The number of carbonyl (C=O) groups excluding carboxylic acids is 1. The van der Waals surface area contributed by atoms with Crippen LogP contribution in [0.5, 0.6) is 0 Å². The van der Waals surface area contributed by atoms with Gasteiger partial charge < -0.3 is 16.0 Å². The Labute approximate surface area is 149 Å². The molecule has 1 amide bonds. The minimum atomic E-state index is -4.42. The molecular formula is C19H20F3N3O. The first kappa shape index (κ1) is 18.3. The van der Waals surface area contributed by atoms with E-state index < -0.39 is 11.7 Å². The second-order valence-corrected chi connectivity index (χ2v) is 6.39. The Hall–Kier alpha value is -2.54. The minimum Gasteiger partial charge on any atom is -0.355 e. The summed E-state index contributed by atoms with van der Waals surface area (Å²) in [6, 6.07) is 11.7. The standard InChI is InChI=1S/C19H20F3N3O/c20-19(21,22)14-4-3-5-15(10-14)24-17-7-2-1-6-16(17)18(26)25-9-8-13(11-23)12-25/h1-7,10,13,24H,8-9,11-12,23H2/t13-/m1/s1. The highest BCUT2D eigenvalue weighted by molar-refractivity contribution is 6.00. The fraction of sp³-hybridized carbons (Fsp3) is 0.316. The van der Waals surface area contributed by atoms with Gasteiger partial charge in [-0.2, -0.15) is 13.2 Å². The summed E-state index contributed by atoms with van der Waals surface area (Å²) in [6.07, 6.45) is -3.55. The Morgan fingerprint density at radius 1 is 1.19 bits per heavy atom. The number of halogens is 3. The highest BCUT2D eigenvalue weighted by atomic mass is 19.4. The van der Waals surface area contributed by atoms with Gasteiger partial charge in [-0.25, -0.2) is 0 Å². The second-order valence-electron chi connectivity index (χ2n) is 6.39. The van der Waals surface area contributed by atoms with E-state index in [1.165, 1.54) is 12.1 Å². The predicted octanol–water partition coefficient (Wildman–Crippen LogP) is 3.87. The molecule has 1 saturated heterocycles. The van der Waals surface area contributed by atoms with E-state index in [0.29, 0.717) is 36.8 Å². The predicted molar refractivity (Wildman–Crippen MR) is 94.2 cm³/mol. The van der Waals surface area contributed by atoms with E-state index in [0.717, 1.165) is 18.6 Å². The highest BCUT2D eigenvalue weighted by Crippen LogP contribution is 2.32. The molecule has 0 radical (unpaired) electrons. The maximum atomic E-state index is 12.9. The van der Waals surface area contributed by atoms with Crippen molar-refractivity contribution in [1.29, 1.82) is 0 Å². The highest BCUT2D eigenvalue weighted by Gasteiger charge is 2.31. The third kappa shape index (κ3) is 3.99. The lowest BCUT2D eigenvalue weighted by Crippen LogP contribution is -2.30. The van der Waals surface area contributed by atoms with E-state index in [9.17, 15) is 18.0 Å². The van der Waals surface area contributed by atoms with E-state index in [2.05, 4.69) is 5.32 Å². The molecule has 0 aliphatic carbocycles. The van der Waals surface area contributed by atoms with E-state index in [1.807, 2.05) is 0 Å². The average Bonchev–Trinajstić information content (AvgIpc) is 3.10. The molecule has 0 aromatic heterocycles. The van der Waals surface area contributed by atoms with Crippen LogP contribution in [0, 0.1) is 5.92 Å². The summed E-state index contributed by atoms with van der Waals surface area (Å²) in [4.78, 5) is 14.6. The Balaban J connectivity index is 1.83. The smallest absolute Gasteiger partial charge is 0.355 e. The van der Waals surface area contributed by atoms with Gasteiger partial charge in [0.1, 0.15) is 0 Å². The van der Waals surface area contributed by atoms with Crippen LogP contribution in [-0.4, -0.2) is 30.4 Å². The van der Waals surface area contributed by atoms with Gasteiger partial charge in [0.25, 0.3) is 5.91 Å². The molecule has 0 spiro atoms. The summed E-state index contributed by atoms with van der Waals surface area (Å²) < 4.78 is 38.7. The zero-order valence-electron chi connectivity index (χ0n) is 14.1. The van der Waals surface area contributed by atoms with Gasteiger partial charge in [-0.05, 0) is 49.2 Å². The maximum Gasteiger partial charge on any atom is 0.416 e. The van der Waals surface area contributed by atoms with Crippen LogP contribution in [0.1, 0.15) is 22.3 Å². The normalized spacial score (nSPS) is 17.4. The van der Waals surface area contributed by atoms with E-state index in [1.54, 1.807) is 29.2 Å². The van der Waals surface area contributed by atoms with Crippen molar-refractivity contribution in [2.45, 2.75) is 12.6 Å². The topological polar surface area (TPSA) is 58.4 Å². The molecule has 1 aliphatic rings. The summed E-state index contributed by atoms with van der Waals surface area (Å²) in [6.45, 7) is 1.78. The van der Waals surface area contributed by atoms with Crippen LogP contribution in [0.2, 0.25) is 0 Å². The SMILES string of the molecule is NC[C@H]1CCN(C(=O)c2ccccc2Nc2cccc(C(F)(F)F)c2)C1. The Kier molecular flexibility index (Phi) is 5.18. The number of para-hydroxylation sites is 1. The van der Waals surface area contributed by atoms with Crippen molar-refractivity contribution in [2.24, 2.45) is 11.7 Å². The zero-order chi connectivity index (χ0) is 18.7. The fourth-order valence-corrected chi connectivity index (χ4v) is 3.09. The van der Waals surface area contributed by atoms with Crippen molar-refractivity contribution in [3.63, 3.8) is 0 Å². The van der Waals surface area contributed by atoms with Crippen LogP contribution in [0.3, 0.4) is 0 Å². The van der Waals surface area contributed by atoms with Crippen molar-refractivity contribution in [3.8, 4) is 0 Å². The Morgan fingerprint density at radius 3 is 2.65 bits per heavy atom. The van der Waals surface area contributed by atoms with Crippen LogP contribution in [0.15, 0.2) is 48.5 Å². The lowest BCUT2D eigenvalue weighted by molar-refractivity contribution is -0.137. The number of nitrogens with two attached hydrogens (primary N) is 1. The number of hydrogen-bond donors (Lipinski definition) is 2. The molecule has 0 saturated carbocycles. The largest absolute Gasteiger partial charge is 0.416 e. The third-order valence-corrected chi connectivity index (χ3v) is 4.53. The number of hydrogen-bond acceptors (Lipinski definition) is 3. The lowest BCUT2D eigenvalue weighted by Gasteiger charge is -2.19.